The molecule has 3 heterocycles. The average Bonchev–Trinajstić information content (AvgIpc) is 2.73. The van der Waals surface area contributed by atoms with E-state index >= 15 is 0 Å². The van der Waals surface area contributed by atoms with E-state index in [1.807, 2.05) is 0 Å². The molecule has 9 nitrogen and oxygen atoms in total. The van der Waals surface area contributed by atoms with Crippen molar-refractivity contribution in [2.45, 2.75) is 30.3 Å². The summed E-state index contributed by atoms with van der Waals surface area (Å²) in [5.74, 6) is -1.44. The number of hydrogen-bond acceptors (Lipinski definition) is 5. The smallest absolute Gasteiger partial charge is 0.416 e. The Morgan fingerprint density at radius 3 is 2.38 bits per heavy atom. The molecule has 1 spiro atoms. The van der Waals surface area contributed by atoms with Crippen LogP contribution >= 0.6 is 0 Å². The summed E-state index contributed by atoms with van der Waals surface area (Å²) < 4.78 is 84.2. The second-order valence-electron chi connectivity index (χ2n) is 8.77. The molecule has 3 aliphatic rings. The normalized spacial score (nSPS) is 21.8. The second-order valence-corrected chi connectivity index (χ2v) is 10.7. The highest BCUT2D eigenvalue weighted by molar-refractivity contribution is 7.89. The Hall–Kier alpha value is -2.61. The van der Waals surface area contributed by atoms with Crippen LogP contribution in [0.3, 0.4) is 0 Å². The SMILES string of the molecule is O=C1NCN(C(=O)N2CC3(CCN(S(=O)(=O)c4ccc(C(F)(F)F)cc4F)CC3)C2)CCCO1. The van der Waals surface area contributed by atoms with E-state index < -0.39 is 38.6 Å². The van der Waals surface area contributed by atoms with Gasteiger partial charge in [0.1, 0.15) is 10.7 Å². The van der Waals surface area contributed by atoms with Gasteiger partial charge in [-0.2, -0.15) is 17.5 Å². The maximum Gasteiger partial charge on any atom is 0.416 e. The molecule has 3 amide bonds. The Bertz CT molecular complexity index is 1070. The van der Waals surface area contributed by atoms with Crippen molar-refractivity contribution in [3.05, 3.63) is 29.6 Å². The Labute approximate surface area is 193 Å². The number of piperidine rings is 1. The summed E-state index contributed by atoms with van der Waals surface area (Å²) in [6, 6.07) is 1.16. The molecule has 14 heteroatoms. The van der Waals surface area contributed by atoms with E-state index in [-0.39, 0.29) is 43.9 Å². The van der Waals surface area contributed by atoms with Crippen LogP contribution in [-0.4, -0.2) is 80.6 Å². The quantitative estimate of drug-likeness (QED) is 0.619. The van der Waals surface area contributed by atoms with Crippen LogP contribution in [0.1, 0.15) is 24.8 Å². The Morgan fingerprint density at radius 2 is 1.76 bits per heavy atom. The number of benzene rings is 1. The lowest BCUT2D eigenvalue weighted by atomic mass is 9.72. The van der Waals surface area contributed by atoms with Crippen molar-refractivity contribution >= 4 is 22.1 Å². The monoisotopic (exact) mass is 508 g/mol. The Kier molecular flexibility index (Phi) is 6.40. The molecule has 1 N–H and O–H groups in total. The Balaban J connectivity index is 1.35. The molecular weight excluding hydrogens is 484 g/mol. The van der Waals surface area contributed by atoms with Crippen molar-refractivity contribution in [2.75, 3.05) is 46.0 Å². The zero-order valence-corrected chi connectivity index (χ0v) is 18.9. The number of hydrogen-bond donors (Lipinski definition) is 1. The van der Waals surface area contributed by atoms with E-state index in [4.69, 9.17) is 4.74 Å². The van der Waals surface area contributed by atoms with Crippen LogP contribution in [0.25, 0.3) is 0 Å². The minimum Gasteiger partial charge on any atom is -0.449 e. The highest BCUT2D eigenvalue weighted by atomic mass is 32.2. The van der Waals surface area contributed by atoms with Gasteiger partial charge in [-0.1, -0.05) is 0 Å². The van der Waals surface area contributed by atoms with Crippen LogP contribution in [0.5, 0.6) is 0 Å². The first-order valence-electron chi connectivity index (χ1n) is 10.7. The van der Waals surface area contributed by atoms with Crippen LogP contribution < -0.4 is 5.32 Å². The van der Waals surface area contributed by atoms with Gasteiger partial charge in [-0.25, -0.2) is 22.4 Å². The first kappa shape index (κ1) is 24.5. The summed E-state index contributed by atoms with van der Waals surface area (Å²) in [4.78, 5) is 26.5. The van der Waals surface area contributed by atoms with Gasteiger partial charge in [0.25, 0.3) is 0 Å². The summed E-state index contributed by atoms with van der Waals surface area (Å²) in [6.45, 7) is 1.66. The number of ether oxygens (including phenoxy) is 1. The second kappa shape index (κ2) is 8.87. The standard InChI is InChI=1S/C20H24F4N4O5S/c21-15-10-14(20(22,23)24)2-3-16(15)34(31,32)28-7-4-19(5-8-28)11-27(12-19)18(30)26-6-1-9-33-17(29)25-13-26/h2-3,10H,1,4-9,11-13H2,(H,25,29). The fourth-order valence-electron chi connectivity index (χ4n) is 4.51. The molecular formula is C20H24F4N4O5S. The summed E-state index contributed by atoms with van der Waals surface area (Å²) >= 11 is 0. The predicted octanol–water partition coefficient (Wildman–Crippen LogP) is 2.44. The van der Waals surface area contributed by atoms with Gasteiger partial charge in [-0.3, -0.25) is 0 Å². The molecule has 0 saturated carbocycles. The third kappa shape index (κ3) is 4.78. The lowest BCUT2D eigenvalue weighted by molar-refractivity contribution is -0.137. The van der Waals surface area contributed by atoms with Gasteiger partial charge >= 0.3 is 18.3 Å². The topological polar surface area (TPSA) is 99.3 Å². The number of alkyl carbamates (subject to hydrolysis) is 1. The van der Waals surface area contributed by atoms with Crippen LogP contribution in [0.4, 0.5) is 27.2 Å². The van der Waals surface area contributed by atoms with Crippen LogP contribution in [-0.2, 0) is 20.9 Å². The first-order valence-corrected chi connectivity index (χ1v) is 12.2. The Morgan fingerprint density at radius 1 is 1.09 bits per heavy atom. The van der Waals surface area contributed by atoms with E-state index in [1.54, 1.807) is 4.90 Å². The number of amides is 3. The molecule has 3 saturated heterocycles. The molecule has 1 aromatic rings. The van der Waals surface area contributed by atoms with E-state index in [0.717, 1.165) is 4.31 Å². The van der Waals surface area contributed by atoms with Crippen molar-refractivity contribution in [3.8, 4) is 0 Å². The fraction of sp³-hybridized carbons (Fsp3) is 0.600. The summed E-state index contributed by atoms with van der Waals surface area (Å²) in [6.07, 6.45) is -3.98. The minimum atomic E-state index is -4.78. The molecule has 0 unspecified atom stereocenters. The number of carbonyl (C=O) groups excluding carboxylic acids is 2. The third-order valence-corrected chi connectivity index (χ3v) is 8.41. The first-order chi connectivity index (χ1) is 15.9. The highest BCUT2D eigenvalue weighted by Gasteiger charge is 2.49. The number of urea groups is 1. The molecule has 0 radical (unpaired) electrons. The fourth-order valence-corrected chi connectivity index (χ4v) is 6.00. The number of carbonyl (C=O) groups is 2. The van der Waals surface area contributed by atoms with Gasteiger partial charge in [0, 0.05) is 38.1 Å². The molecule has 0 atom stereocenters. The van der Waals surface area contributed by atoms with Crippen molar-refractivity contribution in [1.29, 1.82) is 0 Å². The van der Waals surface area contributed by atoms with Gasteiger partial charge < -0.3 is 19.9 Å². The summed E-state index contributed by atoms with van der Waals surface area (Å²) in [5, 5.41) is 2.49. The number of rotatable bonds is 2. The number of nitrogens with one attached hydrogen (secondary N) is 1. The van der Waals surface area contributed by atoms with E-state index in [2.05, 4.69) is 5.32 Å². The molecule has 34 heavy (non-hydrogen) atoms. The van der Waals surface area contributed by atoms with Crippen molar-refractivity contribution in [1.82, 2.24) is 19.4 Å². The zero-order valence-electron chi connectivity index (χ0n) is 18.1. The zero-order chi connectivity index (χ0) is 24.7. The molecule has 0 aromatic heterocycles. The number of likely N-dealkylation sites (tertiary alicyclic amines) is 1. The predicted molar refractivity (Wildman–Crippen MR) is 109 cm³/mol. The largest absolute Gasteiger partial charge is 0.449 e. The molecule has 3 fully saturated rings. The molecule has 3 aliphatic heterocycles. The van der Waals surface area contributed by atoms with Crippen LogP contribution in [0.15, 0.2) is 23.1 Å². The minimum absolute atomic E-state index is 0.0336. The molecule has 0 bridgehead atoms. The lowest BCUT2D eigenvalue weighted by Crippen LogP contribution is -2.65. The molecule has 188 valence electrons. The van der Waals surface area contributed by atoms with Gasteiger partial charge in [0.15, 0.2) is 0 Å². The van der Waals surface area contributed by atoms with E-state index in [9.17, 15) is 35.6 Å². The van der Waals surface area contributed by atoms with Crippen LogP contribution in [0, 0.1) is 11.2 Å². The number of alkyl halides is 3. The van der Waals surface area contributed by atoms with E-state index in [1.165, 1.54) is 4.90 Å². The van der Waals surface area contributed by atoms with Gasteiger partial charge in [0.05, 0.1) is 18.8 Å². The number of halogens is 4. The van der Waals surface area contributed by atoms with Gasteiger partial charge in [-0.15, -0.1) is 0 Å². The number of nitrogens with zero attached hydrogens (tertiary/aromatic N) is 3. The van der Waals surface area contributed by atoms with E-state index in [0.29, 0.717) is 51.0 Å². The third-order valence-electron chi connectivity index (χ3n) is 6.47. The van der Waals surface area contributed by atoms with Crippen molar-refractivity contribution in [3.63, 3.8) is 0 Å². The van der Waals surface area contributed by atoms with Gasteiger partial charge in [0.2, 0.25) is 10.0 Å². The number of cyclic esters (lactones) is 1. The number of sulfonamides is 1. The van der Waals surface area contributed by atoms with Crippen LogP contribution in [0.2, 0.25) is 0 Å². The molecule has 4 rings (SSSR count). The van der Waals surface area contributed by atoms with Gasteiger partial charge in [-0.05, 0) is 37.5 Å². The van der Waals surface area contributed by atoms with Crippen molar-refractivity contribution in [2.24, 2.45) is 5.41 Å². The molecule has 0 aliphatic carbocycles. The van der Waals surface area contributed by atoms with Crippen molar-refractivity contribution < 1.29 is 40.3 Å². The highest BCUT2D eigenvalue weighted by Crippen LogP contribution is 2.42. The molecule has 1 aromatic carbocycles. The summed E-state index contributed by atoms with van der Waals surface area (Å²) in [7, 11) is -4.30. The maximum absolute atomic E-state index is 14.3. The maximum atomic E-state index is 14.3. The average molecular weight is 508 g/mol. The lowest BCUT2D eigenvalue weighted by Gasteiger charge is -2.54. The summed E-state index contributed by atoms with van der Waals surface area (Å²) in [5.41, 5.74) is -1.52.